The lowest BCUT2D eigenvalue weighted by Crippen LogP contribution is -1.82. The highest BCUT2D eigenvalue weighted by molar-refractivity contribution is 9.09. The van der Waals surface area contributed by atoms with Crippen LogP contribution in [0.3, 0.4) is 0 Å². The van der Waals surface area contributed by atoms with Gasteiger partial charge in [-0.25, -0.2) is 0 Å². The van der Waals surface area contributed by atoms with Gasteiger partial charge in [-0.3, -0.25) is 0 Å². The molecule has 0 aromatic heterocycles. The SMILES string of the molecule is N#CCc1cccc(C#CCBr)c1. The number of hydrogen-bond donors (Lipinski definition) is 0. The quantitative estimate of drug-likeness (QED) is 0.541. The van der Waals surface area contributed by atoms with E-state index in [-0.39, 0.29) is 0 Å². The summed E-state index contributed by atoms with van der Waals surface area (Å²) in [5, 5.41) is 9.17. The van der Waals surface area contributed by atoms with E-state index in [0.29, 0.717) is 11.8 Å². The Labute approximate surface area is 86.5 Å². The van der Waals surface area contributed by atoms with Crippen LogP contribution in [0.15, 0.2) is 24.3 Å². The van der Waals surface area contributed by atoms with E-state index in [0.717, 1.165) is 11.1 Å². The number of nitriles is 1. The van der Waals surface area contributed by atoms with Crippen LogP contribution in [0.1, 0.15) is 11.1 Å². The highest BCUT2D eigenvalue weighted by Crippen LogP contribution is 2.04. The van der Waals surface area contributed by atoms with Crippen LogP contribution in [0.2, 0.25) is 0 Å². The van der Waals surface area contributed by atoms with Crippen molar-refractivity contribution in [2.24, 2.45) is 0 Å². The lowest BCUT2D eigenvalue weighted by molar-refractivity contribution is 1.26. The van der Waals surface area contributed by atoms with E-state index in [4.69, 9.17) is 5.26 Å². The van der Waals surface area contributed by atoms with E-state index in [9.17, 15) is 0 Å². The minimum atomic E-state index is 0.448. The monoisotopic (exact) mass is 233 g/mol. The third-order valence-corrected chi connectivity index (χ3v) is 1.79. The van der Waals surface area contributed by atoms with Crippen molar-refractivity contribution in [1.82, 2.24) is 0 Å². The average molecular weight is 234 g/mol. The zero-order valence-electron chi connectivity index (χ0n) is 7.05. The van der Waals surface area contributed by atoms with Crippen molar-refractivity contribution in [3.05, 3.63) is 35.4 Å². The van der Waals surface area contributed by atoms with Gasteiger partial charge in [0.15, 0.2) is 0 Å². The Bertz CT molecular complexity index is 379. The molecule has 0 radical (unpaired) electrons. The Balaban J connectivity index is 2.86. The molecule has 1 rings (SSSR count). The van der Waals surface area contributed by atoms with Crippen molar-refractivity contribution in [3.8, 4) is 17.9 Å². The highest BCUT2D eigenvalue weighted by Gasteiger charge is 1.91. The minimum Gasteiger partial charge on any atom is -0.198 e. The standard InChI is InChI=1S/C11H8BrN/c12-7-2-5-10-3-1-4-11(9-10)6-8-13/h1,3-4,9H,6-7H2. The van der Waals surface area contributed by atoms with Gasteiger partial charge in [-0.1, -0.05) is 39.9 Å². The molecule has 1 aromatic carbocycles. The Hall–Kier alpha value is -1.25. The Morgan fingerprint density at radius 1 is 1.38 bits per heavy atom. The van der Waals surface area contributed by atoms with Crippen LogP contribution in [0.25, 0.3) is 0 Å². The number of hydrogen-bond acceptors (Lipinski definition) is 1. The second-order valence-electron chi connectivity index (χ2n) is 2.47. The largest absolute Gasteiger partial charge is 0.198 e. The van der Waals surface area contributed by atoms with Gasteiger partial charge in [0.05, 0.1) is 17.8 Å². The summed E-state index contributed by atoms with van der Waals surface area (Å²) in [4.78, 5) is 0. The van der Waals surface area contributed by atoms with Gasteiger partial charge in [0.1, 0.15) is 0 Å². The number of nitrogens with zero attached hydrogens (tertiary/aromatic N) is 1. The Morgan fingerprint density at radius 3 is 2.92 bits per heavy atom. The molecule has 0 saturated carbocycles. The summed E-state index contributed by atoms with van der Waals surface area (Å²) in [5.74, 6) is 5.90. The fraction of sp³-hybridized carbons (Fsp3) is 0.182. The first kappa shape index (κ1) is 9.84. The van der Waals surface area contributed by atoms with Gasteiger partial charge in [-0.05, 0) is 17.7 Å². The summed E-state index contributed by atoms with van der Waals surface area (Å²) in [5.41, 5.74) is 1.98. The predicted octanol–water partition coefficient (Wildman–Crippen LogP) is 2.50. The van der Waals surface area contributed by atoms with Crippen molar-refractivity contribution < 1.29 is 0 Å². The zero-order valence-corrected chi connectivity index (χ0v) is 8.63. The molecule has 1 aromatic rings. The summed E-state index contributed by atoms with van der Waals surface area (Å²) in [6.45, 7) is 0. The molecule has 13 heavy (non-hydrogen) atoms. The van der Waals surface area contributed by atoms with E-state index in [1.54, 1.807) is 0 Å². The maximum atomic E-state index is 8.49. The maximum Gasteiger partial charge on any atom is 0.0669 e. The molecule has 0 aliphatic rings. The second kappa shape index (κ2) is 5.41. The lowest BCUT2D eigenvalue weighted by atomic mass is 10.1. The second-order valence-corrected chi connectivity index (χ2v) is 3.03. The van der Waals surface area contributed by atoms with Gasteiger partial charge < -0.3 is 0 Å². The first-order chi connectivity index (χ1) is 6.36. The molecule has 0 unspecified atom stereocenters. The van der Waals surface area contributed by atoms with Gasteiger partial charge in [0, 0.05) is 5.56 Å². The molecule has 0 amide bonds. The predicted molar refractivity (Wildman–Crippen MR) is 56.4 cm³/mol. The van der Waals surface area contributed by atoms with Crippen LogP contribution in [-0.2, 0) is 6.42 Å². The van der Waals surface area contributed by atoms with Crippen LogP contribution < -0.4 is 0 Å². The summed E-state index contributed by atoms with van der Waals surface area (Å²) in [6, 6.07) is 9.85. The first-order valence-electron chi connectivity index (χ1n) is 3.87. The van der Waals surface area contributed by atoms with Crippen LogP contribution in [0, 0.1) is 23.2 Å². The molecule has 64 valence electrons. The van der Waals surface area contributed by atoms with Crippen molar-refractivity contribution in [3.63, 3.8) is 0 Å². The van der Waals surface area contributed by atoms with E-state index >= 15 is 0 Å². The third-order valence-electron chi connectivity index (χ3n) is 1.51. The van der Waals surface area contributed by atoms with E-state index in [1.165, 1.54) is 0 Å². The highest BCUT2D eigenvalue weighted by atomic mass is 79.9. The molecule has 1 nitrogen and oxygen atoms in total. The van der Waals surface area contributed by atoms with Crippen LogP contribution in [0.4, 0.5) is 0 Å². The smallest absolute Gasteiger partial charge is 0.0669 e. The molecule has 0 bridgehead atoms. The maximum absolute atomic E-state index is 8.49. The van der Waals surface area contributed by atoms with E-state index < -0.39 is 0 Å². The summed E-state index contributed by atoms with van der Waals surface area (Å²) in [6.07, 6.45) is 0.448. The third kappa shape index (κ3) is 3.32. The summed E-state index contributed by atoms with van der Waals surface area (Å²) < 4.78 is 0. The molecule has 2 heteroatoms. The molecule has 0 heterocycles. The fourth-order valence-electron chi connectivity index (χ4n) is 0.986. The fourth-order valence-corrected chi connectivity index (χ4v) is 1.13. The van der Waals surface area contributed by atoms with Crippen LogP contribution >= 0.6 is 15.9 Å². The Morgan fingerprint density at radius 2 is 2.23 bits per heavy atom. The van der Waals surface area contributed by atoms with Crippen molar-refractivity contribution in [2.75, 3.05) is 5.33 Å². The Kier molecular flexibility index (Phi) is 4.09. The minimum absolute atomic E-state index is 0.448. The average Bonchev–Trinajstić information content (AvgIpc) is 2.16. The van der Waals surface area contributed by atoms with Gasteiger partial charge in [0.25, 0.3) is 0 Å². The number of rotatable bonds is 1. The molecule has 0 aliphatic heterocycles. The van der Waals surface area contributed by atoms with Crippen molar-refractivity contribution in [1.29, 1.82) is 5.26 Å². The van der Waals surface area contributed by atoms with E-state index in [2.05, 4.69) is 33.8 Å². The molecule has 0 atom stereocenters. The molecule has 0 aliphatic carbocycles. The van der Waals surface area contributed by atoms with E-state index in [1.807, 2.05) is 24.3 Å². The normalized spacial score (nSPS) is 8.31. The zero-order chi connectivity index (χ0) is 9.52. The molecule has 0 spiro atoms. The molecular formula is C11H8BrN. The van der Waals surface area contributed by atoms with Gasteiger partial charge in [-0.15, -0.1) is 0 Å². The lowest BCUT2D eigenvalue weighted by Gasteiger charge is -1.94. The molecule has 0 N–H and O–H groups in total. The topological polar surface area (TPSA) is 23.8 Å². The number of alkyl halides is 1. The molecular weight excluding hydrogens is 226 g/mol. The van der Waals surface area contributed by atoms with Gasteiger partial charge in [-0.2, -0.15) is 5.26 Å². The first-order valence-corrected chi connectivity index (χ1v) is 4.99. The van der Waals surface area contributed by atoms with Crippen molar-refractivity contribution >= 4 is 15.9 Å². The van der Waals surface area contributed by atoms with Gasteiger partial charge >= 0.3 is 0 Å². The van der Waals surface area contributed by atoms with Crippen LogP contribution in [-0.4, -0.2) is 5.33 Å². The molecule has 0 fully saturated rings. The number of halogens is 1. The summed E-state index contributed by atoms with van der Waals surface area (Å²) in [7, 11) is 0. The van der Waals surface area contributed by atoms with Crippen molar-refractivity contribution in [2.45, 2.75) is 6.42 Å². The number of benzene rings is 1. The molecule has 0 saturated heterocycles. The van der Waals surface area contributed by atoms with Crippen LogP contribution in [0.5, 0.6) is 0 Å². The van der Waals surface area contributed by atoms with Gasteiger partial charge in [0.2, 0.25) is 0 Å². The summed E-state index contributed by atoms with van der Waals surface area (Å²) >= 11 is 3.23.